The number of hydrogen-bond acceptors (Lipinski definition) is 4. The maximum Gasteiger partial charge on any atom is 0.226 e. The Morgan fingerprint density at radius 1 is 1.15 bits per heavy atom. The lowest BCUT2D eigenvalue weighted by molar-refractivity contribution is -0.136. The molecule has 5 nitrogen and oxygen atoms in total. The van der Waals surface area contributed by atoms with Gasteiger partial charge >= 0.3 is 0 Å². The summed E-state index contributed by atoms with van der Waals surface area (Å²) in [6, 6.07) is 1.97. The summed E-state index contributed by atoms with van der Waals surface area (Å²) in [7, 11) is 0. The Balaban J connectivity index is 1.56. The highest BCUT2D eigenvalue weighted by atomic mass is 16.2. The first-order valence-electron chi connectivity index (χ1n) is 7.30. The van der Waals surface area contributed by atoms with E-state index in [-0.39, 0.29) is 5.92 Å². The SMILES string of the molecule is O=C([C@@H]1CC=CCC1)N1CCN(c2ccnnc2)CC1. The fourth-order valence-corrected chi connectivity index (χ4v) is 2.93. The number of hydrogen-bond donors (Lipinski definition) is 0. The van der Waals surface area contributed by atoms with Crippen LogP contribution < -0.4 is 4.90 Å². The molecule has 106 valence electrons. The van der Waals surface area contributed by atoms with Gasteiger partial charge in [0.2, 0.25) is 5.91 Å². The van der Waals surface area contributed by atoms with Gasteiger partial charge < -0.3 is 9.80 Å². The minimum atomic E-state index is 0.203. The average molecular weight is 272 g/mol. The van der Waals surface area contributed by atoms with Gasteiger partial charge in [-0.3, -0.25) is 4.79 Å². The van der Waals surface area contributed by atoms with Crippen LogP contribution in [0.3, 0.4) is 0 Å². The van der Waals surface area contributed by atoms with Gasteiger partial charge in [-0.05, 0) is 25.3 Å². The van der Waals surface area contributed by atoms with Gasteiger partial charge in [0.05, 0.1) is 18.1 Å². The van der Waals surface area contributed by atoms with Gasteiger partial charge in [0.25, 0.3) is 0 Å². The van der Waals surface area contributed by atoms with Crippen LogP contribution in [0.15, 0.2) is 30.6 Å². The van der Waals surface area contributed by atoms with E-state index in [1.54, 1.807) is 12.4 Å². The molecule has 1 atom stereocenters. The number of anilines is 1. The quantitative estimate of drug-likeness (QED) is 0.765. The third kappa shape index (κ3) is 2.81. The van der Waals surface area contributed by atoms with Crippen LogP contribution in [0.2, 0.25) is 0 Å². The Morgan fingerprint density at radius 3 is 2.65 bits per heavy atom. The molecule has 1 saturated heterocycles. The van der Waals surface area contributed by atoms with Crippen molar-refractivity contribution in [1.82, 2.24) is 15.1 Å². The second kappa shape index (κ2) is 6.03. The van der Waals surface area contributed by atoms with Crippen LogP contribution in [0.25, 0.3) is 0 Å². The van der Waals surface area contributed by atoms with Crippen molar-refractivity contribution in [2.45, 2.75) is 19.3 Å². The molecule has 1 aromatic heterocycles. The van der Waals surface area contributed by atoms with Crippen LogP contribution in [0.1, 0.15) is 19.3 Å². The van der Waals surface area contributed by atoms with Crippen molar-refractivity contribution in [1.29, 1.82) is 0 Å². The number of nitrogens with zero attached hydrogens (tertiary/aromatic N) is 4. The lowest BCUT2D eigenvalue weighted by Gasteiger charge is -2.37. The smallest absolute Gasteiger partial charge is 0.226 e. The fraction of sp³-hybridized carbons (Fsp3) is 0.533. The van der Waals surface area contributed by atoms with Crippen LogP contribution in [0.4, 0.5) is 5.69 Å². The van der Waals surface area contributed by atoms with Gasteiger partial charge in [0, 0.05) is 32.1 Å². The van der Waals surface area contributed by atoms with E-state index in [1.165, 1.54) is 0 Å². The van der Waals surface area contributed by atoms with Gasteiger partial charge in [-0.15, -0.1) is 0 Å². The third-order valence-electron chi connectivity index (χ3n) is 4.14. The minimum absolute atomic E-state index is 0.203. The molecule has 3 rings (SSSR count). The number of carbonyl (C=O) groups excluding carboxylic acids is 1. The highest BCUT2D eigenvalue weighted by molar-refractivity contribution is 5.79. The monoisotopic (exact) mass is 272 g/mol. The normalized spacial score (nSPS) is 22.9. The van der Waals surface area contributed by atoms with E-state index in [0.717, 1.165) is 51.1 Å². The molecule has 0 saturated carbocycles. The molecule has 0 unspecified atom stereocenters. The lowest BCUT2D eigenvalue weighted by atomic mass is 9.93. The van der Waals surface area contributed by atoms with Gasteiger partial charge in [-0.2, -0.15) is 10.2 Å². The topological polar surface area (TPSA) is 49.3 Å². The summed E-state index contributed by atoms with van der Waals surface area (Å²) < 4.78 is 0. The van der Waals surface area contributed by atoms with Crippen molar-refractivity contribution in [2.24, 2.45) is 5.92 Å². The Hall–Kier alpha value is -1.91. The Kier molecular flexibility index (Phi) is 3.95. The number of rotatable bonds is 2. The summed E-state index contributed by atoms with van der Waals surface area (Å²) >= 11 is 0. The van der Waals surface area contributed by atoms with Gasteiger partial charge in [-0.25, -0.2) is 0 Å². The first-order valence-corrected chi connectivity index (χ1v) is 7.30. The van der Waals surface area contributed by atoms with Crippen LogP contribution >= 0.6 is 0 Å². The largest absolute Gasteiger partial charge is 0.367 e. The zero-order valence-corrected chi connectivity index (χ0v) is 11.6. The van der Waals surface area contributed by atoms with Crippen LogP contribution in [-0.4, -0.2) is 47.2 Å². The van der Waals surface area contributed by atoms with Crippen molar-refractivity contribution in [3.05, 3.63) is 30.6 Å². The van der Waals surface area contributed by atoms with E-state index in [2.05, 4.69) is 27.2 Å². The van der Waals surface area contributed by atoms with Gasteiger partial charge in [0.1, 0.15) is 0 Å². The zero-order valence-electron chi connectivity index (χ0n) is 11.6. The molecule has 1 amide bonds. The molecule has 0 radical (unpaired) electrons. The molecular formula is C15H20N4O. The van der Waals surface area contributed by atoms with Gasteiger partial charge in [-0.1, -0.05) is 12.2 Å². The average Bonchev–Trinajstić information content (AvgIpc) is 2.56. The van der Waals surface area contributed by atoms with E-state index < -0.39 is 0 Å². The lowest BCUT2D eigenvalue weighted by Crippen LogP contribution is -2.50. The molecule has 1 aliphatic heterocycles. The molecule has 1 fully saturated rings. The van der Waals surface area contributed by atoms with E-state index in [0.29, 0.717) is 5.91 Å². The molecular weight excluding hydrogens is 252 g/mol. The number of amides is 1. The number of carbonyl (C=O) groups is 1. The van der Waals surface area contributed by atoms with Crippen LogP contribution in [-0.2, 0) is 4.79 Å². The van der Waals surface area contributed by atoms with Crippen LogP contribution in [0, 0.1) is 5.92 Å². The number of piperazine rings is 1. The molecule has 0 N–H and O–H groups in total. The van der Waals surface area contributed by atoms with E-state index in [4.69, 9.17) is 0 Å². The summed E-state index contributed by atoms with van der Waals surface area (Å²) in [6.07, 6.45) is 10.8. The van der Waals surface area contributed by atoms with Crippen molar-refractivity contribution in [2.75, 3.05) is 31.1 Å². The predicted octanol–water partition coefficient (Wildman–Crippen LogP) is 1.48. The Bertz CT molecular complexity index is 480. The molecule has 0 bridgehead atoms. The maximum absolute atomic E-state index is 12.4. The second-order valence-corrected chi connectivity index (χ2v) is 5.39. The maximum atomic E-state index is 12.4. The van der Waals surface area contributed by atoms with Crippen molar-refractivity contribution in [3.63, 3.8) is 0 Å². The summed E-state index contributed by atoms with van der Waals surface area (Å²) in [5.41, 5.74) is 1.09. The summed E-state index contributed by atoms with van der Waals surface area (Å²) in [5, 5.41) is 7.70. The summed E-state index contributed by atoms with van der Waals surface area (Å²) in [4.78, 5) is 16.7. The molecule has 5 heteroatoms. The molecule has 20 heavy (non-hydrogen) atoms. The minimum Gasteiger partial charge on any atom is -0.367 e. The van der Waals surface area contributed by atoms with Crippen molar-refractivity contribution >= 4 is 11.6 Å². The first kappa shape index (κ1) is 13.1. The first-order chi connectivity index (χ1) is 9.84. The van der Waals surface area contributed by atoms with Crippen LogP contribution in [0.5, 0.6) is 0 Å². The molecule has 2 aliphatic rings. The molecule has 1 aromatic rings. The Labute approximate surface area is 119 Å². The highest BCUT2D eigenvalue weighted by Gasteiger charge is 2.27. The van der Waals surface area contributed by atoms with E-state index in [1.807, 2.05) is 11.0 Å². The van der Waals surface area contributed by atoms with Crippen molar-refractivity contribution in [3.8, 4) is 0 Å². The molecule has 1 aliphatic carbocycles. The molecule has 2 heterocycles. The second-order valence-electron chi connectivity index (χ2n) is 5.39. The predicted molar refractivity (Wildman–Crippen MR) is 77.3 cm³/mol. The van der Waals surface area contributed by atoms with E-state index in [9.17, 15) is 4.79 Å². The fourth-order valence-electron chi connectivity index (χ4n) is 2.93. The number of aromatic nitrogens is 2. The zero-order chi connectivity index (χ0) is 13.8. The number of allylic oxidation sites excluding steroid dienone is 2. The van der Waals surface area contributed by atoms with E-state index >= 15 is 0 Å². The van der Waals surface area contributed by atoms with Crippen molar-refractivity contribution < 1.29 is 4.79 Å². The Morgan fingerprint density at radius 2 is 2.00 bits per heavy atom. The summed E-state index contributed by atoms with van der Waals surface area (Å²) in [6.45, 7) is 3.36. The van der Waals surface area contributed by atoms with Gasteiger partial charge in [0.15, 0.2) is 0 Å². The molecule has 0 spiro atoms. The third-order valence-corrected chi connectivity index (χ3v) is 4.14. The standard InChI is InChI=1S/C15H20N4O/c20-15(13-4-2-1-3-5-13)19-10-8-18(9-11-19)14-6-7-16-17-12-14/h1-2,6-7,12-13H,3-5,8-11H2/t13-/m1/s1. The highest BCUT2D eigenvalue weighted by Crippen LogP contribution is 2.22. The molecule has 0 aromatic carbocycles. The summed E-state index contributed by atoms with van der Waals surface area (Å²) in [5.74, 6) is 0.538.